The lowest BCUT2D eigenvalue weighted by atomic mass is 9.76. The number of carbonyl (C=O) groups excluding carboxylic acids is 1. The molecule has 1 heterocycles. The summed E-state index contributed by atoms with van der Waals surface area (Å²) in [5, 5.41) is 12.7. The Balaban J connectivity index is 1.81. The van der Waals surface area contributed by atoms with Crippen LogP contribution in [0.4, 0.5) is 9.52 Å². The van der Waals surface area contributed by atoms with Crippen molar-refractivity contribution in [1.82, 2.24) is 4.98 Å². The molecule has 0 fully saturated rings. The van der Waals surface area contributed by atoms with E-state index in [-0.39, 0.29) is 11.7 Å². The Morgan fingerprint density at radius 1 is 1.11 bits per heavy atom. The van der Waals surface area contributed by atoms with Crippen molar-refractivity contribution in [1.29, 1.82) is 0 Å². The maximum Gasteiger partial charge on any atom is 0.307 e. The molecule has 0 radical (unpaired) electrons. The molecule has 2 N–H and O–H groups in total. The molecule has 0 saturated heterocycles. The van der Waals surface area contributed by atoms with E-state index in [1.54, 1.807) is 12.1 Å². The van der Waals surface area contributed by atoms with Crippen LogP contribution in [0.3, 0.4) is 0 Å². The van der Waals surface area contributed by atoms with E-state index in [1.807, 2.05) is 20.8 Å². The Labute approximate surface area is 161 Å². The van der Waals surface area contributed by atoms with E-state index in [2.05, 4.69) is 10.3 Å². The van der Waals surface area contributed by atoms with Crippen LogP contribution in [0, 0.1) is 24.6 Å². The first-order chi connectivity index (χ1) is 12.8. The molecule has 1 aromatic carbocycles. The summed E-state index contributed by atoms with van der Waals surface area (Å²) >= 11 is 1.32. The number of carboxylic acids is 1. The van der Waals surface area contributed by atoms with E-state index in [0.717, 1.165) is 21.6 Å². The minimum Gasteiger partial charge on any atom is -0.481 e. The number of aromatic nitrogens is 1. The summed E-state index contributed by atoms with van der Waals surface area (Å²) in [6.07, 6.45) is 0.820. The van der Waals surface area contributed by atoms with Crippen LogP contribution in [-0.2, 0) is 9.59 Å². The maximum absolute atomic E-state index is 13.1. The normalized spacial score (nSPS) is 19.9. The van der Waals surface area contributed by atoms with Crippen LogP contribution in [0.5, 0.6) is 0 Å². The van der Waals surface area contributed by atoms with Crippen molar-refractivity contribution in [2.24, 2.45) is 11.8 Å². The van der Waals surface area contributed by atoms with Gasteiger partial charge in [-0.05, 0) is 57.9 Å². The van der Waals surface area contributed by atoms with Crippen LogP contribution in [0.2, 0.25) is 0 Å². The third-order valence-corrected chi connectivity index (χ3v) is 5.95. The number of carboxylic acid groups (broad SMARTS) is 1. The highest BCUT2D eigenvalue weighted by Crippen LogP contribution is 2.36. The summed E-state index contributed by atoms with van der Waals surface area (Å²) < 4.78 is 13.1. The highest BCUT2D eigenvalue weighted by atomic mass is 32.1. The van der Waals surface area contributed by atoms with Gasteiger partial charge in [-0.15, -0.1) is 11.3 Å². The van der Waals surface area contributed by atoms with Gasteiger partial charge in [0.2, 0.25) is 5.91 Å². The molecule has 0 bridgehead atoms. The predicted octanol–water partition coefficient (Wildman–Crippen LogP) is 4.64. The quantitative estimate of drug-likeness (QED) is 0.748. The highest BCUT2D eigenvalue weighted by Gasteiger charge is 2.37. The average molecular weight is 388 g/mol. The number of nitrogens with zero attached hydrogens (tertiary/aromatic N) is 1. The first-order valence-corrected chi connectivity index (χ1v) is 9.50. The molecule has 0 spiro atoms. The zero-order valence-electron chi connectivity index (χ0n) is 15.4. The Bertz CT molecular complexity index is 918. The van der Waals surface area contributed by atoms with Crippen molar-refractivity contribution in [2.75, 3.05) is 5.32 Å². The van der Waals surface area contributed by atoms with E-state index >= 15 is 0 Å². The van der Waals surface area contributed by atoms with Crippen molar-refractivity contribution in [3.63, 3.8) is 0 Å². The number of hydrogen-bond acceptors (Lipinski definition) is 4. The number of amides is 1. The number of aryl methyl sites for hydroxylation is 1. The molecule has 1 aromatic heterocycles. The van der Waals surface area contributed by atoms with Gasteiger partial charge in [-0.3, -0.25) is 9.59 Å². The minimum absolute atomic E-state index is 0.323. The summed E-state index contributed by atoms with van der Waals surface area (Å²) in [7, 11) is 0. The van der Waals surface area contributed by atoms with Gasteiger partial charge in [-0.25, -0.2) is 9.37 Å². The van der Waals surface area contributed by atoms with Gasteiger partial charge < -0.3 is 10.4 Å². The molecule has 27 heavy (non-hydrogen) atoms. The number of nitrogens with one attached hydrogen (secondary N) is 1. The molecule has 3 rings (SSSR count). The van der Waals surface area contributed by atoms with Gasteiger partial charge in [0, 0.05) is 10.4 Å². The number of rotatable bonds is 4. The highest BCUT2D eigenvalue weighted by molar-refractivity contribution is 7.16. The summed E-state index contributed by atoms with van der Waals surface area (Å²) in [6.45, 7) is 5.73. The molecule has 1 aliphatic carbocycles. The fraction of sp³-hybridized carbons (Fsp3) is 0.350. The van der Waals surface area contributed by atoms with Gasteiger partial charge in [0.15, 0.2) is 5.13 Å². The second-order valence-corrected chi connectivity index (χ2v) is 8.14. The molecule has 0 unspecified atom stereocenters. The van der Waals surface area contributed by atoms with Crippen LogP contribution >= 0.6 is 11.3 Å². The van der Waals surface area contributed by atoms with Crippen LogP contribution in [0.1, 0.15) is 31.6 Å². The van der Waals surface area contributed by atoms with Gasteiger partial charge in [0.1, 0.15) is 5.82 Å². The zero-order valence-corrected chi connectivity index (χ0v) is 16.2. The minimum atomic E-state index is -0.954. The van der Waals surface area contributed by atoms with Crippen molar-refractivity contribution < 1.29 is 19.1 Å². The standard InChI is InChI=1S/C20H21FN2O3S/c1-10-8-15(16(19(25)26)9-11(10)2)18(24)23-20-22-17(12(3)27-20)13-4-6-14(21)7-5-13/h4-7,15-16H,8-9H2,1-3H3,(H,25,26)(H,22,23,24)/t15-,16+/m0/s1. The Kier molecular flexibility index (Phi) is 5.41. The second-order valence-electron chi connectivity index (χ2n) is 6.94. The number of halogens is 1. The van der Waals surface area contributed by atoms with E-state index < -0.39 is 17.8 Å². The van der Waals surface area contributed by atoms with Gasteiger partial charge in [0.05, 0.1) is 17.5 Å². The lowest BCUT2D eigenvalue weighted by Gasteiger charge is -2.29. The van der Waals surface area contributed by atoms with Gasteiger partial charge in [-0.2, -0.15) is 0 Å². The molecule has 1 amide bonds. The smallest absolute Gasteiger partial charge is 0.307 e. The van der Waals surface area contributed by atoms with Gasteiger partial charge in [-0.1, -0.05) is 11.1 Å². The van der Waals surface area contributed by atoms with E-state index in [4.69, 9.17) is 0 Å². The van der Waals surface area contributed by atoms with Crippen LogP contribution in [0.25, 0.3) is 11.3 Å². The third-order valence-electron chi connectivity index (χ3n) is 5.06. The molecule has 0 saturated carbocycles. The molecular weight excluding hydrogens is 367 g/mol. The Hall–Kier alpha value is -2.54. The molecular formula is C20H21FN2O3S. The predicted molar refractivity (Wildman–Crippen MR) is 103 cm³/mol. The lowest BCUT2D eigenvalue weighted by molar-refractivity contribution is -0.146. The number of aliphatic carboxylic acids is 1. The number of allylic oxidation sites excluding steroid dienone is 2. The number of anilines is 1. The van der Waals surface area contributed by atoms with E-state index in [9.17, 15) is 19.1 Å². The summed E-state index contributed by atoms with van der Waals surface area (Å²) in [5.74, 6) is -2.95. The molecule has 1 aliphatic rings. The summed E-state index contributed by atoms with van der Waals surface area (Å²) in [5.41, 5.74) is 3.55. The monoisotopic (exact) mass is 388 g/mol. The Morgan fingerprint density at radius 3 is 2.30 bits per heavy atom. The lowest BCUT2D eigenvalue weighted by Crippen LogP contribution is -2.36. The van der Waals surface area contributed by atoms with Crippen molar-refractivity contribution in [3.8, 4) is 11.3 Å². The zero-order chi connectivity index (χ0) is 19.7. The van der Waals surface area contributed by atoms with Crippen molar-refractivity contribution >= 4 is 28.3 Å². The topological polar surface area (TPSA) is 79.3 Å². The van der Waals surface area contributed by atoms with Crippen LogP contribution < -0.4 is 5.32 Å². The molecule has 2 aromatic rings. The SMILES string of the molecule is CC1=C(C)C[C@@H](C(=O)O)[C@@H](C(=O)Nc2nc(-c3ccc(F)cc3)c(C)s2)C1. The first kappa shape index (κ1) is 19.2. The number of hydrogen-bond donors (Lipinski definition) is 2. The molecule has 0 aliphatic heterocycles. The molecule has 2 atom stereocenters. The average Bonchev–Trinajstić information content (AvgIpc) is 2.97. The largest absolute Gasteiger partial charge is 0.481 e. The fourth-order valence-corrected chi connectivity index (χ4v) is 4.19. The molecule has 7 heteroatoms. The van der Waals surface area contributed by atoms with E-state index in [0.29, 0.717) is 23.7 Å². The first-order valence-electron chi connectivity index (χ1n) is 8.68. The van der Waals surface area contributed by atoms with Gasteiger partial charge in [0.25, 0.3) is 0 Å². The van der Waals surface area contributed by atoms with E-state index in [1.165, 1.54) is 23.5 Å². The van der Waals surface area contributed by atoms with Crippen LogP contribution in [0.15, 0.2) is 35.4 Å². The number of carbonyl (C=O) groups is 2. The van der Waals surface area contributed by atoms with Crippen molar-refractivity contribution in [2.45, 2.75) is 33.6 Å². The van der Waals surface area contributed by atoms with Crippen LogP contribution in [-0.4, -0.2) is 22.0 Å². The summed E-state index contributed by atoms with van der Waals surface area (Å²) in [4.78, 5) is 29.7. The molecule has 142 valence electrons. The maximum atomic E-state index is 13.1. The van der Waals surface area contributed by atoms with Crippen molar-refractivity contribution in [3.05, 3.63) is 46.1 Å². The number of thiazole rings is 1. The number of benzene rings is 1. The Morgan fingerprint density at radius 2 is 1.70 bits per heavy atom. The van der Waals surface area contributed by atoms with Gasteiger partial charge >= 0.3 is 5.97 Å². The summed E-state index contributed by atoms with van der Waals surface area (Å²) in [6, 6.07) is 6.01. The molecule has 5 nitrogen and oxygen atoms in total. The fourth-order valence-electron chi connectivity index (χ4n) is 3.35. The third kappa shape index (κ3) is 4.08. The second kappa shape index (κ2) is 7.60.